The zero-order chi connectivity index (χ0) is 29.1. The molecule has 0 fully saturated rings. The first-order valence-electron chi connectivity index (χ1n) is 12.0. The minimum absolute atomic E-state index is 0.00185. The van der Waals surface area contributed by atoms with E-state index in [1.807, 2.05) is 0 Å². The molecule has 0 saturated carbocycles. The van der Waals surface area contributed by atoms with Gasteiger partial charge >= 0.3 is 18.2 Å². The Bertz CT molecular complexity index is 992. The summed E-state index contributed by atoms with van der Waals surface area (Å²) in [6.45, 7) is 10.3. The van der Waals surface area contributed by atoms with E-state index in [0.717, 1.165) is 0 Å². The lowest BCUT2D eigenvalue weighted by Crippen LogP contribution is -2.53. The molecule has 2 amide bonds. The number of carbonyl (C=O) groups is 4. The first kappa shape index (κ1) is 32.0. The molecule has 0 aromatic heterocycles. The van der Waals surface area contributed by atoms with Gasteiger partial charge in [-0.2, -0.15) is 0 Å². The fourth-order valence-electron chi connectivity index (χ4n) is 2.99. The predicted molar refractivity (Wildman–Crippen MR) is 140 cm³/mol. The van der Waals surface area contributed by atoms with E-state index in [1.165, 1.54) is 12.1 Å². The molecule has 0 radical (unpaired) electrons. The Morgan fingerprint density at radius 2 is 1.50 bits per heavy atom. The molecule has 0 bridgehead atoms. The average Bonchev–Trinajstić information content (AvgIpc) is 2.73. The topological polar surface area (TPSA) is 205 Å². The van der Waals surface area contributed by atoms with Crippen molar-refractivity contribution in [3.8, 4) is 5.75 Å². The number of alkyl carbamates (subject to hydrolysis) is 1. The molecule has 1 aromatic rings. The van der Waals surface area contributed by atoms with Gasteiger partial charge in [-0.05, 0) is 72.1 Å². The maximum absolute atomic E-state index is 13.1. The number of carbonyl (C=O) groups excluding carboxylic acids is 3. The smallest absolute Gasteiger partial charge is 0.480 e. The monoisotopic (exact) mass is 537 g/mol. The van der Waals surface area contributed by atoms with Gasteiger partial charge < -0.3 is 41.4 Å². The molecule has 0 heterocycles. The van der Waals surface area contributed by atoms with E-state index in [-0.39, 0.29) is 31.1 Å². The zero-order valence-electron chi connectivity index (χ0n) is 22.7. The van der Waals surface area contributed by atoms with Crippen molar-refractivity contribution in [3.05, 3.63) is 29.8 Å². The highest BCUT2D eigenvalue weighted by Crippen LogP contribution is 2.17. The Morgan fingerprint density at radius 3 is 2.00 bits per heavy atom. The SMILES string of the molecule is CC(C)(C)OC(=O)NC(Cc1ccc(OC(=O)OC(C)(C)C)cc1)C(=O)NC(CCCN=C(N)N)C(=O)O. The summed E-state index contributed by atoms with van der Waals surface area (Å²) in [6, 6.07) is 3.81. The summed E-state index contributed by atoms with van der Waals surface area (Å²) >= 11 is 0. The summed E-state index contributed by atoms with van der Waals surface area (Å²) in [5, 5.41) is 14.5. The van der Waals surface area contributed by atoms with Crippen LogP contribution in [-0.4, -0.2) is 65.0 Å². The number of carboxylic acids is 1. The number of nitrogens with two attached hydrogens (primary N) is 2. The van der Waals surface area contributed by atoms with Crippen molar-refractivity contribution in [3.63, 3.8) is 0 Å². The number of nitrogens with zero attached hydrogens (tertiary/aromatic N) is 1. The molecule has 38 heavy (non-hydrogen) atoms. The van der Waals surface area contributed by atoms with Gasteiger partial charge in [0.05, 0.1) is 0 Å². The number of aliphatic carboxylic acids is 1. The number of benzene rings is 1. The number of ether oxygens (including phenoxy) is 3. The summed E-state index contributed by atoms with van der Waals surface area (Å²) in [5.41, 5.74) is 9.60. The van der Waals surface area contributed by atoms with E-state index >= 15 is 0 Å². The molecule has 0 aliphatic carbocycles. The Morgan fingerprint density at radius 1 is 0.921 bits per heavy atom. The number of guanidine groups is 1. The molecule has 0 saturated heterocycles. The normalized spacial score (nSPS) is 12.9. The standard InChI is InChI=1S/C25H39N5O8/c1-24(2,3)37-22(34)30-18(19(31)29-17(20(32)33)8-7-13-28-21(26)27)14-15-9-11-16(12-10-15)36-23(35)38-25(4,5)6/h9-12,17-18H,7-8,13-14H2,1-6H3,(H,29,31)(H,30,34)(H,32,33)(H4,26,27,28). The van der Waals surface area contributed by atoms with Crippen molar-refractivity contribution in [2.75, 3.05) is 6.54 Å². The van der Waals surface area contributed by atoms with Gasteiger partial charge in [0.1, 0.15) is 29.0 Å². The van der Waals surface area contributed by atoms with Crippen LogP contribution in [0.15, 0.2) is 29.3 Å². The summed E-state index contributed by atoms with van der Waals surface area (Å²) in [4.78, 5) is 52.8. The molecular formula is C25H39N5O8. The highest BCUT2D eigenvalue weighted by atomic mass is 16.7. The second-order valence-corrected chi connectivity index (χ2v) is 10.5. The van der Waals surface area contributed by atoms with Crippen LogP contribution in [0.25, 0.3) is 0 Å². The number of hydrogen-bond acceptors (Lipinski definition) is 8. The molecule has 0 aliphatic rings. The largest absolute Gasteiger partial charge is 0.514 e. The quantitative estimate of drug-likeness (QED) is 0.0913. The van der Waals surface area contributed by atoms with Gasteiger partial charge in [0.25, 0.3) is 0 Å². The number of rotatable bonds is 11. The second-order valence-electron chi connectivity index (χ2n) is 10.5. The Labute approximate surface area is 222 Å². The Hall–Kier alpha value is -4.03. The maximum Gasteiger partial charge on any atom is 0.514 e. The minimum atomic E-state index is -1.25. The van der Waals surface area contributed by atoms with Gasteiger partial charge in [-0.1, -0.05) is 12.1 Å². The molecule has 7 N–H and O–H groups in total. The fraction of sp³-hybridized carbons (Fsp3) is 0.560. The fourth-order valence-corrected chi connectivity index (χ4v) is 2.99. The third-order valence-corrected chi connectivity index (χ3v) is 4.52. The molecule has 2 atom stereocenters. The predicted octanol–water partition coefficient (Wildman–Crippen LogP) is 2.06. The van der Waals surface area contributed by atoms with Gasteiger partial charge in [0.15, 0.2) is 5.96 Å². The molecule has 0 aliphatic heterocycles. The third kappa shape index (κ3) is 13.9. The van der Waals surface area contributed by atoms with Crippen LogP contribution in [0.4, 0.5) is 9.59 Å². The molecule has 1 rings (SSSR count). The minimum Gasteiger partial charge on any atom is -0.480 e. The Balaban J connectivity index is 2.98. The van der Waals surface area contributed by atoms with E-state index in [0.29, 0.717) is 12.0 Å². The highest BCUT2D eigenvalue weighted by Gasteiger charge is 2.28. The van der Waals surface area contributed by atoms with E-state index in [9.17, 15) is 24.3 Å². The van der Waals surface area contributed by atoms with Crippen LogP contribution in [0.2, 0.25) is 0 Å². The summed E-state index contributed by atoms with van der Waals surface area (Å²) in [5.74, 6) is -1.87. The van der Waals surface area contributed by atoms with E-state index in [4.69, 9.17) is 25.7 Å². The molecule has 13 nitrogen and oxygen atoms in total. The highest BCUT2D eigenvalue weighted by molar-refractivity contribution is 5.89. The van der Waals surface area contributed by atoms with Gasteiger partial charge in [0, 0.05) is 13.0 Å². The van der Waals surface area contributed by atoms with Crippen LogP contribution < -0.4 is 26.8 Å². The molecule has 212 valence electrons. The first-order chi connectivity index (χ1) is 17.4. The van der Waals surface area contributed by atoms with Crippen molar-refractivity contribution in [1.29, 1.82) is 0 Å². The summed E-state index contributed by atoms with van der Waals surface area (Å²) in [6.07, 6.45) is -1.35. The van der Waals surface area contributed by atoms with Gasteiger partial charge in [0.2, 0.25) is 5.91 Å². The lowest BCUT2D eigenvalue weighted by atomic mass is 10.0. The lowest BCUT2D eigenvalue weighted by molar-refractivity contribution is -0.142. The van der Waals surface area contributed by atoms with Crippen LogP contribution in [0, 0.1) is 0 Å². The number of hydrogen-bond donors (Lipinski definition) is 5. The van der Waals surface area contributed by atoms with Gasteiger partial charge in [-0.3, -0.25) is 9.79 Å². The van der Waals surface area contributed by atoms with Crippen molar-refractivity contribution in [1.82, 2.24) is 10.6 Å². The second kappa shape index (κ2) is 14.1. The molecule has 13 heteroatoms. The zero-order valence-corrected chi connectivity index (χ0v) is 22.7. The molecule has 2 unspecified atom stereocenters. The number of carboxylic acid groups (broad SMARTS) is 1. The summed E-state index contributed by atoms with van der Waals surface area (Å²) < 4.78 is 15.5. The van der Waals surface area contributed by atoms with Crippen LogP contribution in [0.5, 0.6) is 5.75 Å². The van der Waals surface area contributed by atoms with Crippen LogP contribution in [0.1, 0.15) is 59.9 Å². The lowest BCUT2D eigenvalue weighted by Gasteiger charge is -2.24. The Kier molecular flexibility index (Phi) is 11.8. The van der Waals surface area contributed by atoms with Crippen molar-refractivity contribution >= 4 is 30.1 Å². The van der Waals surface area contributed by atoms with Crippen molar-refractivity contribution in [2.45, 2.75) is 84.1 Å². The van der Waals surface area contributed by atoms with Gasteiger partial charge in [-0.25, -0.2) is 14.4 Å². The van der Waals surface area contributed by atoms with Gasteiger partial charge in [-0.15, -0.1) is 0 Å². The van der Waals surface area contributed by atoms with Crippen LogP contribution >= 0.6 is 0 Å². The number of aliphatic imine (C=N–C) groups is 1. The number of nitrogens with one attached hydrogen (secondary N) is 2. The average molecular weight is 538 g/mol. The number of amides is 2. The van der Waals surface area contributed by atoms with Crippen molar-refractivity contribution in [2.24, 2.45) is 16.5 Å². The maximum atomic E-state index is 13.1. The van der Waals surface area contributed by atoms with Crippen LogP contribution in [-0.2, 0) is 25.5 Å². The molecule has 0 spiro atoms. The van der Waals surface area contributed by atoms with Crippen LogP contribution in [0.3, 0.4) is 0 Å². The summed E-state index contributed by atoms with van der Waals surface area (Å²) in [7, 11) is 0. The first-order valence-corrected chi connectivity index (χ1v) is 12.0. The third-order valence-electron chi connectivity index (χ3n) is 4.52. The van der Waals surface area contributed by atoms with E-state index < -0.39 is 47.4 Å². The molecule has 1 aromatic carbocycles. The van der Waals surface area contributed by atoms with E-state index in [1.54, 1.807) is 53.7 Å². The van der Waals surface area contributed by atoms with Crippen molar-refractivity contribution < 1.29 is 38.5 Å². The van der Waals surface area contributed by atoms with E-state index in [2.05, 4.69) is 15.6 Å². The molecular weight excluding hydrogens is 498 g/mol.